The van der Waals surface area contributed by atoms with E-state index < -0.39 is 0 Å². The molecule has 1 saturated carbocycles. The Balaban J connectivity index is 1.73. The van der Waals surface area contributed by atoms with Crippen molar-refractivity contribution >= 4 is 5.96 Å². The van der Waals surface area contributed by atoms with Gasteiger partial charge in [-0.25, -0.2) is 4.99 Å². The van der Waals surface area contributed by atoms with Gasteiger partial charge < -0.3 is 10.6 Å². The SMILES string of the molecule is CCNC(=NCc1c(C)nn(Cc2ccccc2)c1C)NC1CC1. The van der Waals surface area contributed by atoms with Crippen LogP contribution in [-0.2, 0) is 13.1 Å². The van der Waals surface area contributed by atoms with E-state index in [1.165, 1.54) is 29.7 Å². The number of guanidine groups is 1. The molecule has 2 N–H and O–H groups in total. The van der Waals surface area contributed by atoms with Gasteiger partial charge in [-0.1, -0.05) is 30.3 Å². The van der Waals surface area contributed by atoms with Crippen LogP contribution in [-0.4, -0.2) is 28.3 Å². The van der Waals surface area contributed by atoms with Gasteiger partial charge in [-0.3, -0.25) is 4.68 Å². The average molecular weight is 325 g/mol. The monoisotopic (exact) mass is 325 g/mol. The lowest BCUT2D eigenvalue weighted by Crippen LogP contribution is -2.38. The van der Waals surface area contributed by atoms with E-state index in [0.717, 1.165) is 24.7 Å². The Bertz CT molecular complexity index is 698. The zero-order valence-corrected chi connectivity index (χ0v) is 14.8. The van der Waals surface area contributed by atoms with E-state index in [1.54, 1.807) is 0 Å². The van der Waals surface area contributed by atoms with Crippen molar-refractivity contribution < 1.29 is 0 Å². The second-order valence-corrected chi connectivity index (χ2v) is 6.41. The summed E-state index contributed by atoms with van der Waals surface area (Å²) >= 11 is 0. The number of nitrogens with zero attached hydrogens (tertiary/aromatic N) is 3. The summed E-state index contributed by atoms with van der Waals surface area (Å²) in [4.78, 5) is 4.75. The van der Waals surface area contributed by atoms with Crippen LogP contribution in [0.2, 0.25) is 0 Å². The highest BCUT2D eigenvalue weighted by molar-refractivity contribution is 5.80. The van der Waals surface area contributed by atoms with Crippen molar-refractivity contribution in [3.8, 4) is 0 Å². The molecule has 0 saturated heterocycles. The second kappa shape index (κ2) is 7.51. The highest BCUT2D eigenvalue weighted by atomic mass is 15.3. The normalized spacial score (nSPS) is 14.7. The largest absolute Gasteiger partial charge is 0.357 e. The Labute approximate surface area is 144 Å². The zero-order valence-electron chi connectivity index (χ0n) is 14.8. The van der Waals surface area contributed by atoms with Crippen molar-refractivity contribution in [3.63, 3.8) is 0 Å². The van der Waals surface area contributed by atoms with Gasteiger partial charge in [-0.15, -0.1) is 0 Å². The van der Waals surface area contributed by atoms with E-state index in [1.807, 2.05) is 6.07 Å². The zero-order chi connectivity index (χ0) is 16.9. The summed E-state index contributed by atoms with van der Waals surface area (Å²) in [5.74, 6) is 0.912. The quantitative estimate of drug-likeness (QED) is 0.634. The topological polar surface area (TPSA) is 54.2 Å². The van der Waals surface area contributed by atoms with Crippen molar-refractivity contribution in [2.45, 2.75) is 52.7 Å². The maximum absolute atomic E-state index is 4.75. The highest BCUT2D eigenvalue weighted by Gasteiger charge is 2.22. The molecule has 1 aromatic heterocycles. The molecular weight excluding hydrogens is 298 g/mol. The minimum Gasteiger partial charge on any atom is -0.357 e. The molecule has 0 bridgehead atoms. The predicted molar refractivity (Wildman–Crippen MR) is 98.2 cm³/mol. The maximum atomic E-state index is 4.75. The molecule has 5 nitrogen and oxygen atoms in total. The first-order valence-electron chi connectivity index (χ1n) is 8.79. The first-order valence-corrected chi connectivity index (χ1v) is 8.79. The molecule has 1 heterocycles. The summed E-state index contributed by atoms with van der Waals surface area (Å²) in [6.45, 7) is 8.64. The van der Waals surface area contributed by atoms with Crippen LogP contribution in [0.25, 0.3) is 0 Å². The molecular formula is C19H27N5. The van der Waals surface area contributed by atoms with Gasteiger partial charge in [0.05, 0.1) is 18.8 Å². The van der Waals surface area contributed by atoms with Crippen molar-refractivity contribution in [1.82, 2.24) is 20.4 Å². The van der Waals surface area contributed by atoms with Crippen molar-refractivity contribution in [1.29, 1.82) is 0 Å². The molecule has 1 aliphatic rings. The summed E-state index contributed by atoms with van der Waals surface area (Å²) in [7, 11) is 0. The average Bonchev–Trinajstić information content (AvgIpc) is 3.35. The minimum atomic E-state index is 0.603. The molecule has 2 aromatic rings. The summed E-state index contributed by atoms with van der Waals surface area (Å²) in [6, 6.07) is 11.1. The Morgan fingerprint density at radius 2 is 2.00 bits per heavy atom. The molecule has 24 heavy (non-hydrogen) atoms. The van der Waals surface area contributed by atoms with Gasteiger partial charge in [-0.2, -0.15) is 5.10 Å². The van der Waals surface area contributed by atoms with Gasteiger partial charge in [0.1, 0.15) is 0 Å². The highest BCUT2D eigenvalue weighted by Crippen LogP contribution is 2.19. The smallest absolute Gasteiger partial charge is 0.191 e. The lowest BCUT2D eigenvalue weighted by Gasteiger charge is -2.10. The number of nitrogens with one attached hydrogen (secondary N) is 2. The van der Waals surface area contributed by atoms with Crippen LogP contribution in [0.15, 0.2) is 35.3 Å². The molecule has 0 spiro atoms. The van der Waals surface area contributed by atoms with E-state index in [-0.39, 0.29) is 0 Å². The van der Waals surface area contributed by atoms with Gasteiger partial charge in [0, 0.05) is 23.8 Å². The number of aliphatic imine (C=N–C) groups is 1. The molecule has 1 aromatic carbocycles. The van der Waals surface area contributed by atoms with Gasteiger partial charge >= 0.3 is 0 Å². The molecule has 0 unspecified atom stereocenters. The van der Waals surface area contributed by atoms with Gasteiger partial charge in [0.25, 0.3) is 0 Å². The summed E-state index contributed by atoms with van der Waals surface area (Å²) in [5.41, 5.74) is 4.75. The fourth-order valence-electron chi connectivity index (χ4n) is 2.77. The van der Waals surface area contributed by atoms with Crippen LogP contribution in [0.4, 0.5) is 0 Å². The van der Waals surface area contributed by atoms with E-state index in [9.17, 15) is 0 Å². The van der Waals surface area contributed by atoms with Gasteiger partial charge in [0.15, 0.2) is 5.96 Å². The number of benzene rings is 1. The third-order valence-electron chi connectivity index (χ3n) is 4.36. The molecule has 128 valence electrons. The molecule has 5 heteroatoms. The number of hydrogen-bond donors (Lipinski definition) is 2. The van der Waals surface area contributed by atoms with Crippen LogP contribution in [0.3, 0.4) is 0 Å². The summed E-state index contributed by atoms with van der Waals surface area (Å²) in [5, 5.41) is 11.5. The van der Waals surface area contributed by atoms with Crippen LogP contribution >= 0.6 is 0 Å². The number of aromatic nitrogens is 2. The van der Waals surface area contributed by atoms with Gasteiger partial charge in [-0.05, 0) is 39.2 Å². The Kier molecular flexibility index (Phi) is 5.18. The van der Waals surface area contributed by atoms with Crippen molar-refractivity contribution in [2.24, 2.45) is 4.99 Å². The molecule has 0 aliphatic heterocycles. The number of hydrogen-bond acceptors (Lipinski definition) is 2. The van der Waals surface area contributed by atoms with Crippen LogP contribution in [0.5, 0.6) is 0 Å². The molecule has 1 aliphatic carbocycles. The van der Waals surface area contributed by atoms with Crippen LogP contribution in [0.1, 0.15) is 42.3 Å². The standard InChI is InChI=1S/C19H27N5/c1-4-20-19(22-17-10-11-17)21-12-18-14(2)23-24(15(18)3)13-16-8-6-5-7-9-16/h5-9,17H,4,10-13H2,1-3H3,(H2,20,21,22). The molecule has 1 fully saturated rings. The Morgan fingerprint density at radius 1 is 1.25 bits per heavy atom. The maximum Gasteiger partial charge on any atom is 0.191 e. The molecule has 0 radical (unpaired) electrons. The Hall–Kier alpha value is -2.30. The minimum absolute atomic E-state index is 0.603. The molecule has 3 rings (SSSR count). The fourth-order valence-corrected chi connectivity index (χ4v) is 2.77. The number of rotatable bonds is 6. The number of aryl methyl sites for hydroxylation is 1. The molecule has 0 amide bonds. The van der Waals surface area contributed by atoms with Crippen molar-refractivity contribution in [3.05, 3.63) is 52.8 Å². The summed E-state index contributed by atoms with van der Waals surface area (Å²) in [6.07, 6.45) is 2.49. The third-order valence-corrected chi connectivity index (χ3v) is 4.36. The second-order valence-electron chi connectivity index (χ2n) is 6.41. The van der Waals surface area contributed by atoms with E-state index in [4.69, 9.17) is 10.1 Å². The molecule has 0 atom stereocenters. The van der Waals surface area contributed by atoms with Crippen molar-refractivity contribution in [2.75, 3.05) is 6.54 Å². The first kappa shape index (κ1) is 16.6. The van der Waals surface area contributed by atoms with Gasteiger partial charge in [0.2, 0.25) is 0 Å². The predicted octanol–water partition coefficient (Wildman–Crippen LogP) is 2.77. The van der Waals surface area contributed by atoms with E-state index in [0.29, 0.717) is 12.6 Å². The fraction of sp³-hybridized carbons (Fsp3) is 0.474. The van der Waals surface area contributed by atoms with E-state index >= 15 is 0 Å². The Morgan fingerprint density at radius 3 is 2.67 bits per heavy atom. The summed E-state index contributed by atoms with van der Waals surface area (Å²) < 4.78 is 2.08. The third kappa shape index (κ3) is 4.16. The lowest BCUT2D eigenvalue weighted by atomic mass is 10.2. The van der Waals surface area contributed by atoms with Crippen LogP contribution < -0.4 is 10.6 Å². The van der Waals surface area contributed by atoms with Crippen LogP contribution in [0, 0.1) is 13.8 Å². The first-order chi connectivity index (χ1) is 11.7. The van der Waals surface area contributed by atoms with E-state index in [2.05, 4.69) is 60.4 Å². The lowest BCUT2D eigenvalue weighted by molar-refractivity contribution is 0.658.